The van der Waals surface area contributed by atoms with Crippen LogP contribution in [0, 0.1) is 22.0 Å². The van der Waals surface area contributed by atoms with Crippen LogP contribution in [0.3, 0.4) is 0 Å². The van der Waals surface area contributed by atoms with Gasteiger partial charge in [-0.1, -0.05) is 11.8 Å². The Morgan fingerprint density at radius 3 is 2.10 bits per heavy atom. The molecule has 0 bridgehead atoms. The van der Waals surface area contributed by atoms with E-state index in [1.54, 1.807) is 24.3 Å². The molecule has 0 saturated heterocycles. The van der Waals surface area contributed by atoms with Crippen molar-refractivity contribution in [3.8, 4) is 23.3 Å². The van der Waals surface area contributed by atoms with E-state index in [1.807, 2.05) is 0 Å². The number of rotatable bonds is 2. The molecule has 1 N–H and O–H groups in total. The molecule has 0 atom stereocenters. The van der Waals surface area contributed by atoms with Gasteiger partial charge in [0.15, 0.2) is 11.5 Å². The van der Waals surface area contributed by atoms with Crippen LogP contribution < -0.4 is 14.8 Å². The van der Waals surface area contributed by atoms with Gasteiger partial charge in [-0.3, -0.25) is 14.9 Å². The van der Waals surface area contributed by atoms with Crippen molar-refractivity contribution < 1.29 is 28.7 Å². The third-order valence-electron chi connectivity index (χ3n) is 4.16. The summed E-state index contributed by atoms with van der Waals surface area (Å²) in [6.45, 7) is 3.75. The molecule has 0 fully saturated rings. The van der Waals surface area contributed by atoms with Gasteiger partial charge in [0.1, 0.15) is 13.2 Å². The van der Waals surface area contributed by atoms with Crippen molar-refractivity contribution in [1.29, 1.82) is 0 Å². The normalized spacial score (nSPS) is 14.2. The van der Waals surface area contributed by atoms with Crippen LogP contribution in [-0.2, 0) is 14.3 Å². The van der Waals surface area contributed by atoms with Crippen LogP contribution in [0.4, 0.5) is 11.4 Å². The lowest BCUT2D eigenvalue weighted by Crippen LogP contribution is -2.16. The molecular weight excluding hydrogens is 404 g/mol. The second-order valence-corrected chi connectivity index (χ2v) is 6.50. The highest BCUT2D eigenvalue weighted by Gasteiger charge is 2.13. The minimum absolute atomic E-state index is 0.0129. The van der Waals surface area contributed by atoms with E-state index in [-0.39, 0.29) is 11.6 Å². The number of hydrogen-bond donors (Lipinski definition) is 1. The van der Waals surface area contributed by atoms with E-state index in [0.717, 1.165) is 0 Å². The SMILES string of the molecule is CC(=O)Nc1cc2c(cc1C#Cc1ccc([N+](=O)[O-])cc1)OCCOCCOCCO2. The molecule has 1 amide bonds. The number of carbonyl (C=O) groups excluding carboxylic acids is 1. The monoisotopic (exact) mass is 426 g/mol. The number of anilines is 1. The highest BCUT2D eigenvalue weighted by Crippen LogP contribution is 2.34. The summed E-state index contributed by atoms with van der Waals surface area (Å²) < 4.78 is 22.5. The minimum atomic E-state index is -0.470. The third kappa shape index (κ3) is 6.70. The average molecular weight is 426 g/mol. The summed E-state index contributed by atoms with van der Waals surface area (Å²) in [5, 5.41) is 13.5. The minimum Gasteiger partial charge on any atom is -0.487 e. The van der Waals surface area contributed by atoms with Crippen molar-refractivity contribution in [2.24, 2.45) is 0 Å². The van der Waals surface area contributed by atoms with Crippen LogP contribution in [0.2, 0.25) is 0 Å². The van der Waals surface area contributed by atoms with Gasteiger partial charge in [0.2, 0.25) is 5.91 Å². The fourth-order valence-electron chi connectivity index (χ4n) is 2.73. The highest BCUT2D eigenvalue weighted by molar-refractivity contribution is 5.91. The number of nitro groups is 1. The summed E-state index contributed by atoms with van der Waals surface area (Å²) >= 11 is 0. The Morgan fingerprint density at radius 2 is 1.52 bits per heavy atom. The second kappa shape index (κ2) is 11.0. The lowest BCUT2D eigenvalue weighted by atomic mass is 10.1. The van der Waals surface area contributed by atoms with Gasteiger partial charge < -0.3 is 24.3 Å². The van der Waals surface area contributed by atoms with E-state index in [9.17, 15) is 14.9 Å². The fourth-order valence-corrected chi connectivity index (χ4v) is 2.73. The summed E-state index contributed by atoms with van der Waals surface area (Å²) in [6.07, 6.45) is 0. The molecule has 1 heterocycles. The number of amides is 1. The summed E-state index contributed by atoms with van der Waals surface area (Å²) in [5.74, 6) is 6.60. The van der Waals surface area contributed by atoms with Crippen LogP contribution in [0.15, 0.2) is 36.4 Å². The predicted molar refractivity (Wildman–Crippen MR) is 112 cm³/mol. The van der Waals surface area contributed by atoms with Crippen molar-refractivity contribution >= 4 is 17.3 Å². The molecule has 1 aliphatic rings. The molecule has 2 aromatic carbocycles. The van der Waals surface area contributed by atoms with Crippen LogP contribution in [0.25, 0.3) is 0 Å². The summed E-state index contributed by atoms with van der Waals surface area (Å²) in [6, 6.07) is 9.24. The Morgan fingerprint density at radius 1 is 0.935 bits per heavy atom. The van der Waals surface area contributed by atoms with Gasteiger partial charge in [0.25, 0.3) is 5.69 Å². The molecule has 0 aromatic heterocycles. The molecule has 0 saturated carbocycles. The Labute approximate surface area is 179 Å². The van der Waals surface area contributed by atoms with Gasteiger partial charge in [-0.2, -0.15) is 0 Å². The van der Waals surface area contributed by atoms with Gasteiger partial charge >= 0.3 is 0 Å². The zero-order chi connectivity index (χ0) is 22.1. The summed E-state index contributed by atoms with van der Waals surface area (Å²) in [5.41, 5.74) is 1.56. The molecule has 9 heteroatoms. The van der Waals surface area contributed by atoms with Crippen LogP contribution >= 0.6 is 0 Å². The standard InChI is InChI=1S/C22H22N2O7/c1-16(25)23-20-15-22-21(30-12-10-28-8-9-29-11-13-31-22)14-18(20)5-2-17-3-6-19(7-4-17)24(26)27/h3-4,6-7,14-15H,8-13H2,1H3,(H,23,25). The van der Waals surface area contributed by atoms with E-state index in [0.29, 0.717) is 68.0 Å². The highest BCUT2D eigenvalue weighted by atomic mass is 16.6. The Kier molecular flexibility index (Phi) is 7.81. The summed E-state index contributed by atoms with van der Waals surface area (Å²) in [4.78, 5) is 22.0. The maximum absolute atomic E-state index is 11.7. The number of nitrogens with zero attached hydrogens (tertiary/aromatic N) is 1. The lowest BCUT2D eigenvalue weighted by molar-refractivity contribution is -0.384. The molecule has 0 radical (unpaired) electrons. The maximum atomic E-state index is 11.7. The first-order chi connectivity index (χ1) is 15.0. The topological polar surface area (TPSA) is 109 Å². The van der Waals surface area contributed by atoms with E-state index in [4.69, 9.17) is 18.9 Å². The Bertz CT molecular complexity index is 993. The first-order valence-corrected chi connectivity index (χ1v) is 9.66. The van der Waals surface area contributed by atoms with Crippen LogP contribution in [0.1, 0.15) is 18.1 Å². The molecule has 9 nitrogen and oxygen atoms in total. The maximum Gasteiger partial charge on any atom is 0.269 e. The van der Waals surface area contributed by atoms with Crippen molar-refractivity contribution in [3.05, 3.63) is 57.6 Å². The van der Waals surface area contributed by atoms with E-state index in [2.05, 4.69) is 17.2 Å². The first kappa shape index (κ1) is 22.1. The summed E-state index contributed by atoms with van der Waals surface area (Å²) in [7, 11) is 0. The molecule has 1 aliphatic heterocycles. The van der Waals surface area contributed by atoms with Crippen molar-refractivity contribution in [2.45, 2.75) is 6.92 Å². The Balaban J connectivity index is 1.93. The molecule has 0 aliphatic carbocycles. The van der Waals surface area contributed by atoms with Gasteiger partial charge in [-0.05, 0) is 12.1 Å². The van der Waals surface area contributed by atoms with Crippen molar-refractivity contribution in [2.75, 3.05) is 45.0 Å². The largest absolute Gasteiger partial charge is 0.487 e. The van der Waals surface area contributed by atoms with Gasteiger partial charge in [0, 0.05) is 36.8 Å². The second-order valence-electron chi connectivity index (χ2n) is 6.50. The number of hydrogen-bond acceptors (Lipinski definition) is 7. The number of carbonyl (C=O) groups is 1. The van der Waals surface area contributed by atoms with Crippen molar-refractivity contribution in [1.82, 2.24) is 0 Å². The van der Waals surface area contributed by atoms with Crippen LogP contribution in [-0.4, -0.2) is 50.5 Å². The van der Waals surface area contributed by atoms with Gasteiger partial charge in [0.05, 0.1) is 42.6 Å². The zero-order valence-corrected chi connectivity index (χ0v) is 17.0. The fraction of sp³-hybridized carbons (Fsp3) is 0.318. The molecule has 0 spiro atoms. The predicted octanol–water partition coefficient (Wildman–Crippen LogP) is 2.76. The molecule has 2 aromatic rings. The van der Waals surface area contributed by atoms with E-state index < -0.39 is 4.92 Å². The van der Waals surface area contributed by atoms with Crippen LogP contribution in [0.5, 0.6) is 11.5 Å². The van der Waals surface area contributed by atoms with E-state index in [1.165, 1.54) is 19.1 Å². The van der Waals surface area contributed by atoms with Gasteiger partial charge in [-0.15, -0.1) is 0 Å². The zero-order valence-electron chi connectivity index (χ0n) is 17.0. The number of ether oxygens (including phenoxy) is 4. The van der Waals surface area contributed by atoms with E-state index >= 15 is 0 Å². The Hall–Kier alpha value is -3.61. The van der Waals surface area contributed by atoms with Crippen molar-refractivity contribution in [3.63, 3.8) is 0 Å². The number of nitro benzene ring substituents is 1. The molecule has 31 heavy (non-hydrogen) atoms. The molecule has 0 unspecified atom stereocenters. The number of non-ortho nitro benzene ring substituents is 1. The molecular formula is C22H22N2O7. The quantitative estimate of drug-likeness (QED) is 0.447. The third-order valence-corrected chi connectivity index (χ3v) is 4.16. The molecule has 162 valence electrons. The average Bonchev–Trinajstić information content (AvgIpc) is 2.73. The number of nitrogens with one attached hydrogen (secondary N) is 1. The number of benzene rings is 2. The van der Waals surface area contributed by atoms with Gasteiger partial charge in [-0.25, -0.2) is 0 Å². The first-order valence-electron chi connectivity index (χ1n) is 9.66. The molecule has 3 rings (SSSR count). The lowest BCUT2D eigenvalue weighted by Gasteiger charge is -2.17. The number of fused-ring (bicyclic) bond motifs is 1. The smallest absolute Gasteiger partial charge is 0.269 e.